The fourth-order valence-corrected chi connectivity index (χ4v) is 2.39. The molecule has 0 aliphatic carbocycles. The largest absolute Gasteiger partial charge is 0.342 e. The van der Waals surface area contributed by atoms with Crippen LogP contribution in [-0.2, 0) is 6.54 Å². The molecule has 0 aliphatic rings. The summed E-state index contributed by atoms with van der Waals surface area (Å²) in [4.78, 5) is 2.11. The highest BCUT2D eigenvalue weighted by atomic mass is 32.1. The van der Waals surface area contributed by atoms with Crippen LogP contribution in [0.3, 0.4) is 0 Å². The van der Waals surface area contributed by atoms with Crippen molar-refractivity contribution in [1.82, 2.24) is 4.90 Å². The zero-order valence-corrected chi connectivity index (χ0v) is 13.0. The molecule has 110 valence electrons. The van der Waals surface area contributed by atoms with Gasteiger partial charge in [0.1, 0.15) is 5.82 Å². The van der Waals surface area contributed by atoms with Crippen molar-refractivity contribution in [2.45, 2.75) is 26.4 Å². The van der Waals surface area contributed by atoms with E-state index in [-0.39, 0.29) is 11.9 Å². The Labute approximate surface area is 130 Å². The zero-order chi connectivity index (χ0) is 15.2. The molecule has 0 saturated carbocycles. The van der Waals surface area contributed by atoms with Crippen molar-refractivity contribution < 1.29 is 4.39 Å². The lowest BCUT2D eigenvalue weighted by Gasteiger charge is -2.29. The molecule has 0 aromatic heterocycles. The number of benzene rings is 2. The third kappa shape index (κ3) is 4.53. The lowest BCUT2D eigenvalue weighted by molar-refractivity contribution is 0.348. The van der Waals surface area contributed by atoms with Gasteiger partial charge in [0.2, 0.25) is 0 Å². The molecule has 0 atom stereocenters. The van der Waals surface area contributed by atoms with Gasteiger partial charge in [-0.25, -0.2) is 4.39 Å². The first-order chi connectivity index (χ1) is 10.1. The molecule has 2 aromatic carbocycles. The van der Waals surface area contributed by atoms with Gasteiger partial charge < -0.3 is 10.2 Å². The summed E-state index contributed by atoms with van der Waals surface area (Å²) in [5.74, 6) is -0.253. The molecule has 0 bridgehead atoms. The van der Waals surface area contributed by atoms with Gasteiger partial charge in [-0.05, 0) is 55.9 Å². The van der Waals surface area contributed by atoms with Crippen LogP contribution in [-0.4, -0.2) is 16.1 Å². The second kappa shape index (κ2) is 7.18. The minimum atomic E-state index is -0.253. The molecule has 0 aliphatic heterocycles. The first-order valence-electron chi connectivity index (χ1n) is 6.93. The molecule has 0 saturated heterocycles. The summed E-state index contributed by atoms with van der Waals surface area (Å²) in [5, 5.41) is 3.80. The standard InChI is InChI=1S/C17H19FN2S/c1-13(2)20(12-14-6-4-3-5-7-14)17(21)19-16-10-8-15(18)9-11-16/h3-11,13H,12H2,1-2H3,(H,19,21). The van der Waals surface area contributed by atoms with E-state index in [0.29, 0.717) is 5.11 Å². The lowest BCUT2D eigenvalue weighted by Crippen LogP contribution is -2.39. The van der Waals surface area contributed by atoms with Crippen LogP contribution in [0.5, 0.6) is 0 Å². The monoisotopic (exact) mass is 302 g/mol. The quantitative estimate of drug-likeness (QED) is 0.841. The normalized spacial score (nSPS) is 10.5. The molecule has 0 unspecified atom stereocenters. The van der Waals surface area contributed by atoms with Gasteiger partial charge in [-0.3, -0.25) is 0 Å². The summed E-state index contributed by atoms with van der Waals surface area (Å²) in [6, 6.07) is 16.7. The summed E-state index contributed by atoms with van der Waals surface area (Å²) >= 11 is 5.49. The van der Waals surface area contributed by atoms with Gasteiger partial charge in [0.05, 0.1) is 0 Å². The Bertz CT molecular complexity index is 581. The second-order valence-electron chi connectivity index (χ2n) is 5.14. The maximum Gasteiger partial charge on any atom is 0.173 e. The molecule has 0 radical (unpaired) electrons. The fourth-order valence-electron chi connectivity index (χ4n) is 2.00. The van der Waals surface area contributed by atoms with Crippen molar-refractivity contribution in [1.29, 1.82) is 0 Å². The van der Waals surface area contributed by atoms with Gasteiger partial charge in [-0.1, -0.05) is 30.3 Å². The van der Waals surface area contributed by atoms with Crippen molar-refractivity contribution in [3.05, 3.63) is 66.0 Å². The molecular weight excluding hydrogens is 283 g/mol. The number of nitrogens with one attached hydrogen (secondary N) is 1. The highest BCUT2D eigenvalue weighted by molar-refractivity contribution is 7.80. The Balaban J connectivity index is 2.07. The summed E-state index contributed by atoms with van der Waals surface area (Å²) in [5.41, 5.74) is 1.99. The molecule has 2 aromatic rings. The maximum atomic E-state index is 12.9. The Hall–Kier alpha value is -1.94. The Morgan fingerprint density at radius 3 is 2.29 bits per heavy atom. The number of thiocarbonyl (C=S) groups is 1. The molecule has 4 heteroatoms. The van der Waals surface area contributed by atoms with Crippen LogP contribution in [0.25, 0.3) is 0 Å². The van der Waals surface area contributed by atoms with E-state index >= 15 is 0 Å². The third-order valence-corrected chi connectivity index (χ3v) is 3.51. The molecule has 0 amide bonds. The molecule has 1 N–H and O–H groups in total. The van der Waals surface area contributed by atoms with E-state index in [1.54, 1.807) is 12.1 Å². The van der Waals surface area contributed by atoms with Crippen LogP contribution in [0.1, 0.15) is 19.4 Å². The highest BCUT2D eigenvalue weighted by Gasteiger charge is 2.14. The van der Waals surface area contributed by atoms with Gasteiger partial charge in [-0.2, -0.15) is 0 Å². The van der Waals surface area contributed by atoms with E-state index < -0.39 is 0 Å². The van der Waals surface area contributed by atoms with E-state index in [2.05, 4.69) is 36.2 Å². The van der Waals surface area contributed by atoms with E-state index in [4.69, 9.17) is 12.2 Å². The summed E-state index contributed by atoms with van der Waals surface area (Å²) in [7, 11) is 0. The maximum absolute atomic E-state index is 12.9. The SMILES string of the molecule is CC(C)N(Cc1ccccc1)C(=S)Nc1ccc(F)cc1. The van der Waals surface area contributed by atoms with Crippen molar-refractivity contribution in [3.63, 3.8) is 0 Å². The summed E-state index contributed by atoms with van der Waals surface area (Å²) < 4.78 is 12.9. The fraction of sp³-hybridized carbons (Fsp3) is 0.235. The van der Waals surface area contributed by atoms with Crippen LogP contribution in [0.4, 0.5) is 10.1 Å². The summed E-state index contributed by atoms with van der Waals surface area (Å²) in [6.45, 7) is 4.94. The predicted molar refractivity (Wildman–Crippen MR) is 89.7 cm³/mol. The summed E-state index contributed by atoms with van der Waals surface area (Å²) in [6.07, 6.45) is 0. The Kier molecular flexibility index (Phi) is 5.28. The highest BCUT2D eigenvalue weighted by Crippen LogP contribution is 2.13. The lowest BCUT2D eigenvalue weighted by atomic mass is 10.2. The van der Waals surface area contributed by atoms with Gasteiger partial charge in [0, 0.05) is 18.3 Å². The molecule has 0 heterocycles. The van der Waals surface area contributed by atoms with Gasteiger partial charge >= 0.3 is 0 Å². The number of rotatable bonds is 4. The van der Waals surface area contributed by atoms with Gasteiger partial charge in [-0.15, -0.1) is 0 Å². The Morgan fingerprint density at radius 2 is 1.71 bits per heavy atom. The van der Waals surface area contributed by atoms with Crippen molar-refractivity contribution in [2.24, 2.45) is 0 Å². The molecular formula is C17H19FN2S. The first kappa shape index (κ1) is 15.4. The molecule has 2 rings (SSSR count). The second-order valence-corrected chi connectivity index (χ2v) is 5.53. The van der Waals surface area contributed by atoms with Crippen molar-refractivity contribution in [2.75, 3.05) is 5.32 Å². The average Bonchev–Trinajstić information content (AvgIpc) is 2.48. The molecule has 0 spiro atoms. The van der Waals surface area contributed by atoms with Gasteiger partial charge in [0.15, 0.2) is 5.11 Å². The third-order valence-electron chi connectivity index (χ3n) is 3.18. The van der Waals surface area contributed by atoms with Crippen LogP contribution < -0.4 is 5.32 Å². The van der Waals surface area contributed by atoms with Crippen LogP contribution in [0, 0.1) is 5.82 Å². The van der Waals surface area contributed by atoms with E-state index in [1.165, 1.54) is 17.7 Å². The topological polar surface area (TPSA) is 15.3 Å². The van der Waals surface area contributed by atoms with Crippen LogP contribution in [0.15, 0.2) is 54.6 Å². The van der Waals surface area contributed by atoms with Crippen molar-refractivity contribution in [3.8, 4) is 0 Å². The Morgan fingerprint density at radius 1 is 1.10 bits per heavy atom. The predicted octanol–water partition coefficient (Wildman–Crippen LogP) is 4.43. The number of halogens is 1. The average molecular weight is 302 g/mol. The number of nitrogens with zero attached hydrogens (tertiary/aromatic N) is 1. The van der Waals surface area contributed by atoms with Crippen LogP contribution in [0.2, 0.25) is 0 Å². The zero-order valence-electron chi connectivity index (χ0n) is 12.2. The number of hydrogen-bond donors (Lipinski definition) is 1. The van der Waals surface area contributed by atoms with Crippen molar-refractivity contribution >= 4 is 23.0 Å². The smallest absolute Gasteiger partial charge is 0.173 e. The number of anilines is 1. The molecule has 0 fully saturated rings. The van der Waals surface area contributed by atoms with E-state index in [0.717, 1.165) is 12.2 Å². The van der Waals surface area contributed by atoms with Gasteiger partial charge in [0.25, 0.3) is 0 Å². The van der Waals surface area contributed by atoms with E-state index in [1.807, 2.05) is 18.2 Å². The van der Waals surface area contributed by atoms with Crippen LogP contribution >= 0.6 is 12.2 Å². The number of hydrogen-bond acceptors (Lipinski definition) is 1. The minimum absolute atomic E-state index is 0.253. The minimum Gasteiger partial charge on any atom is -0.342 e. The molecule has 2 nitrogen and oxygen atoms in total. The molecule has 21 heavy (non-hydrogen) atoms. The van der Waals surface area contributed by atoms with E-state index in [9.17, 15) is 4.39 Å². The first-order valence-corrected chi connectivity index (χ1v) is 7.34.